The number of carbonyl (C=O) groups excluding carboxylic acids is 2. The van der Waals surface area contributed by atoms with Gasteiger partial charge in [-0.05, 0) is 57.5 Å². The Hall–Kier alpha value is -2.53. The van der Waals surface area contributed by atoms with Gasteiger partial charge in [-0.15, -0.1) is 0 Å². The number of rotatable bonds is 8. The van der Waals surface area contributed by atoms with Crippen LogP contribution >= 0.6 is 15.9 Å². The number of sulfonamides is 1. The second-order valence-electron chi connectivity index (χ2n) is 8.93. The first-order chi connectivity index (χ1) is 15.6. The molecule has 2 rings (SSSR count). The van der Waals surface area contributed by atoms with Crippen LogP contribution < -0.4 is 9.62 Å². The van der Waals surface area contributed by atoms with Crippen molar-refractivity contribution in [3.05, 3.63) is 64.1 Å². The normalized spacial score (nSPS) is 12.7. The van der Waals surface area contributed by atoms with Gasteiger partial charge in [0.15, 0.2) is 11.6 Å². The first-order valence-corrected chi connectivity index (χ1v) is 13.0. The summed E-state index contributed by atoms with van der Waals surface area (Å²) in [4.78, 5) is 27.5. The van der Waals surface area contributed by atoms with E-state index in [-0.39, 0.29) is 12.2 Å². The van der Waals surface area contributed by atoms with Gasteiger partial charge in [-0.1, -0.05) is 28.1 Å². The van der Waals surface area contributed by atoms with Gasteiger partial charge in [0.25, 0.3) is 0 Å². The molecule has 0 aliphatic rings. The van der Waals surface area contributed by atoms with Crippen LogP contribution in [-0.4, -0.2) is 49.5 Å². The second-order valence-corrected chi connectivity index (χ2v) is 11.8. The van der Waals surface area contributed by atoms with Crippen molar-refractivity contribution in [2.45, 2.75) is 45.8 Å². The Bertz CT molecular complexity index is 1150. The number of amides is 2. The van der Waals surface area contributed by atoms with Crippen LogP contribution in [0.15, 0.2) is 46.9 Å². The standard InChI is InChI=1S/C23H28BrF2N3O4S/c1-15(22(31)27-23(2,3)4)28(13-16-6-8-17(24)9-7-16)21(30)14-29(34(5,32)33)18-10-11-19(25)20(26)12-18/h6-12,15H,13-14H2,1-5H3,(H,27,31). The van der Waals surface area contributed by atoms with Crippen LogP contribution in [-0.2, 0) is 26.2 Å². The summed E-state index contributed by atoms with van der Waals surface area (Å²) < 4.78 is 53.5. The molecule has 2 aromatic rings. The predicted molar refractivity (Wildman–Crippen MR) is 131 cm³/mol. The Balaban J connectivity index is 2.41. The zero-order valence-electron chi connectivity index (χ0n) is 19.6. The third-order valence-electron chi connectivity index (χ3n) is 4.80. The smallest absolute Gasteiger partial charge is 0.244 e. The molecule has 34 heavy (non-hydrogen) atoms. The number of carbonyl (C=O) groups is 2. The van der Waals surface area contributed by atoms with Crippen molar-refractivity contribution in [3.8, 4) is 0 Å². The fourth-order valence-corrected chi connectivity index (χ4v) is 4.20. The lowest BCUT2D eigenvalue weighted by Gasteiger charge is -2.33. The van der Waals surface area contributed by atoms with E-state index >= 15 is 0 Å². The molecule has 0 aliphatic carbocycles. The topological polar surface area (TPSA) is 86.8 Å². The van der Waals surface area contributed by atoms with E-state index in [0.717, 1.165) is 22.9 Å². The van der Waals surface area contributed by atoms with E-state index in [9.17, 15) is 26.8 Å². The summed E-state index contributed by atoms with van der Waals surface area (Å²) in [6.07, 6.45) is 0.857. The maximum absolute atomic E-state index is 13.8. The van der Waals surface area contributed by atoms with Crippen LogP contribution in [0.25, 0.3) is 0 Å². The lowest BCUT2D eigenvalue weighted by molar-refractivity contribution is -0.140. The molecule has 0 fully saturated rings. The van der Waals surface area contributed by atoms with E-state index in [1.165, 1.54) is 4.90 Å². The van der Waals surface area contributed by atoms with Crippen LogP contribution in [0.5, 0.6) is 0 Å². The van der Waals surface area contributed by atoms with Gasteiger partial charge in [-0.3, -0.25) is 13.9 Å². The molecule has 0 aliphatic heterocycles. The molecule has 1 unspecified atom stereocenters. The molecule has 0 bridgehead atoms. The maximum Gasteiger partial charge on any atom is 0.244 e. The third-order valence-corrected chi connectivity index (χ3v) is 6.47. The summed E-state index contributed by atoms with van der Waals surface area (Å²) in [5.41, 5.74) is -0.0434. The number of hydrogen-bond donors (Lipinski definition) is 1. The van der Waals surface area contributed by atoms with Crippen molar-refractivity contribution in [2.24, 2.45) is 0 Å². The van der Waals surface area contributed by atoms with Crippen molar-refractivity contribution in [3.63, 3.8) is 0 Å². The molecule has 0 aromatic heterocycles. The van der Waals surface area contributed by atoms with E-state index < -0.39 is 51.6 Å². The van der Waals surface area contributed by atoms with Gasteiger partial charge in [0.05, 0.1) is 11.9 Å². The Kier molecular flexibility index (Phi) is 8.81. The van der Waals surface area contributed by atoms with Crippen molar-refractivity contribution < 1.29 is 26.8 Å². The molecule has 11 heteroatoms. The summed E-state index contributed by atoms with van der Waals surface area (Å²) in [5.74, 6) is -3.50. The molecular formula is C23H28BrF2N3O4S. The molecule has 0 saturated heterocycles. The molecule has 7 nitrogen and oxygen atoms in total. The van der Waals surface area contributed by atoms with E-state index in [2.05, 4.69) is 21.2 Å². The molecule has 0 spiro atoms. The van der Waals surface area contributed by atoms with Crippen LogP contribution in [0.2, 0.25) is 0 Å². The summed E-state index contributed by atoms with van der Waals surface area (Å²) in [7, 11) is -4.04. The van der Waals surface area contributed by atoms with Crippen molar-refractivity contribution in [1.29, 1.82) is 0 Å². The number of hydrogen-bond acceptors (Lipinski definition) is 4. The molecule has 186 valence electrons. The number of nitrogens with one attached hydrogen (secondary N) is 1. The largest absolute Gasteiger partial charge is 0.350 e. The van der Waals surface area contributed by atoms with Gasteiger partial charge < -0.3 is 10.2 Å². The quantitative estimate of drug-likeness (QED) is 0.532. The van der Waals surface area contributed by atoms with Crippen molar-refractivity contribution >= 4 is 43.5 Å². The maximum atomic E-state index is 13.8. The van der Waals surface area contributed by atoms with Crippen LogP contribution in [0.1, 0.15) is 33.3 Å². The molecule has 2 aromatic carbocycles. The number of anilines is 1. The Morgan fingerprint density at radius 3 is 2.15 bits per heavy atom. The molecule has 0 saturated carbocycles. The minimum Gasteiger partial charge on any atom is -0.350 e. The molecular weight excluding hydrogens is 532 g/mol. The summed E-state index contributed by atoms with van der Waals surface area (Å²) in [6.45, 7) is 6.26. The van der Waals surface area contributed by atoms with Gasteiger partial charge >= 0.3 is 0 Å². The fourth-order valence-electron chi connectivity index (χ4n) is 3.10. The van der Waals surface area contributed by atoms with Crippen LogP contribution in [0.4, 0.5) is 14.5 Å². The highest BCUT2D eigenvalue weighted by Crippen LogP contribution is 2.22. The summed E-state index contributed by atoms with van der Waals surface area (Å²) >= 11 is 3.34. The van der Waals surface area contributed by atoms with Crippen molar-refractivity contribution in [1.82, 2.24) is 10.2 Å². The Labute approximate surface area is 207 Å². The average Bonchev–Trinajstić information content (AvgIpc) is 2.71. The van der Waals surface area contributed by atoms with E-state index in [1.54, 1.807) is 52.0 Å². The summed E-state index contributed by atoms with van der Waals surface area (Å²) in [6, 6.07) is 8.71. The zero-order valence-corrected chi connectivity index (χ0v) is 22.0. The average molecular weight is 560 g/mol. The van der Waals surface area contributed by atoms with E-state index in [1.807, 2.05) is 0 Å². The molecule has 2 amide bonds. The van der Waals surface area contributed by atoms with Gasteiger partial charge in [-0.25, -0.2) is 17.2 Å². The minimum absolute atomic E-state index is 0.0280. The zero-order chi connectivity index (χ0) is 25.8. The van der Waals surface area contributed by atoms with Gasteiger partial charge in [-0.2, -0.15) is 0 Å². The molecule has 0 radical (unpaired) electrons. The van der Waals surface area contributed by atoms with E-state index in [4.69, 9.17) is 0 Å². The minimum atomic E-state index is -4.04. The molecule has 0 heterocycles. The fraction of sp³-hybridized carbons (Fsp3) is 0.391. The third kappa shape index (κ3) is 7.76. The highest BCUT2D eigenvalue weighted by atomic mass is 79.9. The lowest BCUT2D eigenvalue weighted by Crippen LogP contribution is -2.54. The monoisotopic (exact) mass is 559 g/mol. The SMILES string of the molecule is CC(C(=O)NC(C)(C)C)N(Cc1ccc(Br)cc1)C(=O)CN(c1ccc(F)c(F)c1)S(C)(=O)=O. The molecule has 1 atom stereocenters. The predicted octanol–water partition coefficient (Wildman–Crippen LogP) is 3.83. The first-order valence-electron chi connectivity index (χ1n) is 10.4. The van der Waals surface area contributed by atoms with E-state index in [0.29, 0.717) is 15.9 Å². The van der Waals surface area contributed by atoms with Gasteiger partial charge in [0, 0.05) is 22.6 Å². The van der Waals surface area contributed by atoms with Crippen molar-refractivity contribution in [2.75, 3.05) is 17.1 Å². The number of benzene rings is 2. The first kappa shape index (κ1) is 27.7. The number of nitrogens with zero attached hydrogens (tertiary/aromatic N) is 2. The molecule has 1 N–H and O–H groups in total. The summed E-state index contributed by atoms with van der Waals surface area (Å²) in [5, 5.41) is 2.81. The van der Waals surface area contributed by atoms with Crippen LogP contribution in [0, 0.1) is 11.6 Å². The lowest BCUT2D eigenvalue weighted by atomic mass is 10.1. The van der Waals surface area contributed by atoms with Gasteiger partial charge in [0.1, 0.15) is 12.6 Å². The highest BCUT2D eigenvalue weighted by Gasteiger charge is 2.31. The highest BCUT2D eigenvalue weighted by molar-refractivity contribution is 9.10. The van der Waals surface area contributed by atoms with Crippen LogP contribution in [0.3, 0.4) is 0 Å². The Morgan fingerprint density at radius 2 is 1.65 bits per heavy atom. The van der Waals surface area contributed by atoms with Gasteiger partial charge in [0.2, 0.25) is 21.8 Å². The second kappa shape index (κ2) is 10.8. The Morgan fingerprint density at radius 1 is 1.06 bits per heavy atom. The number of halogens is 3.